The Balaban J connectivity index is 2.28. The van der Waals surface area contributed by atoms with Crippen LogP contribution in [0, 0.1) is 0 Å². The molecule has 0 radical (unpaired) electrons. The zero-order valence-electron chi connectivity index (χ0n) is 12.2. The molecule has 1 fully saturated rings. The molecule has 1 heterocycles. The van der Waals surface area contributed by atoms with Crippen LogP contribution in [0.15, 0.2) is 0 Å². The molecule has 6 nitrogen and oxygen atoms in total. The number of likely N-dealkylation sites (tertiary alicyclic amines) is 1. The molecule has 0 spiro atoms. The maximum Gasteiger partial charge on any atom is 0.321 e. The fourth-order valence-electron chi connectivity index (χ4n) is 2.35. The number of carbonyl (C=O) groups is 2. The van der Waals surface area contributed by atoms with Gasteiger partial charge in [-0.1, -0.05) is 6.92 Å². The number of urea groups is 1. The zero-order valence-corrected chi connectivity index (χ0v) is 12.2. The minimum Gasteiger partial charge on any atom is -0.341 e. The monoisotopic (exact) mass is 270 g/mol. The third kappa shape index (κ3) is 5.57. The van der Waals surface area contributed by atoms with Crippen LogP contribution in [-0.2, 0) is 4.79 Å². The standard InChI is InChI=1S/C13H26N4O2/c1-4-7-17-8-5-11(6-9-17)15-10(2)12(18)16-13(19)14-3/h10-11,15H,4-9H2,1-3H3,(H2,14,16,18,19). The van der Waals surface area contributed by atoms with Gasteiger partial charge in [-0.25, -0.2) is 4.79 Å². The van der Waals surface area contributed by atoms with Gasteiger partial charge in [0.15, 0.2) is 0 Å². The third-order valence-corrected chi connectivity index (χ3v) is 3.47. The van der Waals surface area contributed by atoms with Crippen LogP contribution in [0.4, 0.5) is 4.79 Å². The van der Waals surface area contributed by atoms with Crippen molar-refractivity contribution in [2.75, 3.05) is 26.7 Å². The van der Waals surface area contributed by atoms with Crippen LogP contribution in [-0.4, -0.2) is 55.6 Å². The molecule has 1 atom stereocenters. The lowest BCUT2D eigenvalue weighted by Gasteiger charge is -2.33. The molecule has 6 heteroatoms. The van der Waals surface area contributed by atoms with Crippen molar-refractivity contribution in [1.29, 1.82) is 0 Å². The van der Waals surface area contributed by atoms with Crippen molar-refractivity contribution in [1.82, 2.24) is 20.9 Å². The van der Waals surface area contributed by atoms with Crippen LogP contribution in [0.25, 0.3) is 0 Å². The van der Waals surface area contributed by atoms with Crippen molar-refractivity contribution < 1.29 is 9.59 Å². The van der Waals surface area contributed by atoms with E-state index in [1.54, 1.807) is 6.92 Å². The van der Waals surface area contributed by atoms with Crippen molar-refractivity contribution in [3.8, 4) is 0 Å². The van der Waals surface area contributed by atoms with E-state index in [2.05, 4.69) is 27.8 Å². The van der Waals surface area contributed by atoms with Gasteiger partial charge in [-0.2, -0.15) is 0 Å². The summed E-state index contributed by atoms with van der Waals surface area (Å²) in [4.78, 5) is 25.2. The molecule has 1 aliphatic heterocycles. The van der Waals surface area contributed by atoms with Gasteiger partial charge in [-0.05, 0) is 45.8 Å². The highest BCUT2D eigenvalue weighted by Crippen LogP contribution is 2.11. The largest absolute Gasteiger partial charge is 0.341 e. The molecule has 1 rings (SSSR count). The Labute approximate surface area is 115 Å². The highest BCUT2D eigenvalue weighted by atomic mass is 16.2. The van der Waals surface area contributed by atoms with Crippen molar-refractivity contribution in [3.05, 3.63) is 0 Å². The van der Waals surface area contributed by atoms with Gasteiger partial charge < -0.3 is 15.5 Å². The van der Waals surface area contributed by atoms with E-state index in [-0.39, 0.29) is 11.9 Å². The lowest BCUT2D eigenvalue weighted by atomic mass is 10.0. The molecule has 1 aliphatic rings. The first-order chi connectivity index (χ1) is 9.06. The molecule has 0 bridgehead atoms. The number of imide groups is 1. The number of piperidine rings is 1. The quantitative estimate of drug-likeness (QED) is 0.671. The van der Waals surface area contributed by atoms with Crippen LogP contribution in [0.2, 0.25) is 0 Å². The second-order valence-corrected chi connectivity index (χ2v) is 5.07. The maximum absolute atomic E-state index is 11.7. The number of nitrogens with zero attached hydrogens (tertiary/aromatic N) is 1. The molecule has 0 aromatic rings. The van der Waals surface area contributed by atoms with Crippen molar-refractivity contribution in [3.63, 3.8) is 0 Å². The molecular formula is C13H26N4O2. The smallest absolute Gasteiger partial charge is 0.321 e. The molecule has 3 N–H and O–H groups in total. The first-order valence-corrected chi connectivity index (χ1v) is 7.07. The Hall–Kier alpha value is -1.14. The second kappa shape index (κ2) is 8.12. The lowest BCUT2D eigenvalue weighted by Crippen LogP contribution is -2.52. The first-order valence-electron chi connectivity index (χ1n) is 7.07. The first kappa shape index (κ1) is 15.9. The van der Waals surface area contributed by atoms with Gasteiger partial charge in [0.25, 0.3) is 0 Å². The average molecular weight is 270 g/mol. The molecule has 1 unspecified atom stereocenters. The Morgan fingerprint density at radius 3 is 2.47 bits per heavy atom. The molecule has 0 aromatic carbocycles. The molecule has 0 saturated carbocycles. The maximum atomic E-state index is 11.7. The zero-order chi connectivity index (χ0) is 14.3. The van der Waals surface area contributed by atoms with E-state index >= 15 is 0 Å². The highest BCUT2D eigenvalue weighted by Gasteiger charge is 2.23. The van der Waals surface area contributed by atoms with Gasteiger partial charge in [0.05, 0.1) is 6.04 Å². The van der Waals surface area contributed by atoms with E-state index in [9.17, 15) is 9.59 Å². The topological polar surface area (TPSA) is 73.5 Å². The van der Waals surface area contributed by atoms with E-state index in [0.717, 1.165) is 32.5 Å². The second-order valence-electron chi connectivity index (χ2n) is 5.07. The van der Waals surface area contributed by atoms with Gasteiger partial charge in [0.1, 0.15) is 0 Å². The fourth-order valence-corrected chi connectivity index (χ4v) is 2.35. The predicted octanol–water partition coefficient (Wildman–Crippen LogP) is 0.295. The van der Waals surface area contributed by atoms with Crippen LogP contribution < -0.4 is 16.0 Å². The van der Waals surface area contributed by atoms with Crippen molar-refractivity contribution in [2.45, 2.75) is 45.2 Å². The van der Waals surface area contributed by atoms with Gasteiger partial charge in [-0.15, -0.1) is 0 Å². The molecule has 0 aliphatic carbocycles. The summed E-state index contributed by atoms with van der Waals surface area (Å²) in [5, 5.41) is 7.95. The Morgan fingerprint density at radius 1 is 1.32 bits per heavy atom. The predicted molar refractivity (Wildman–Crippen MR) is 74.9 cm³/mol. The summed E-state index contributed by atoms with van der Waals surface area (Å²) >= 11 is 0. The third-order valence-electron chi connectivity index (χ3n) is 3.47. The SMILES string of the molecule is CCCN1CCC(NC(C)C(=O)NC(=O)NC)CC1. The van der Waals surface area contributed by atoms with E-state index in [1.807, 2.05) is 0 Å². The van der Waals surface area contributed by atoms with E-state index in [4.69, 9.17) is 0 Å². The number of hydrogen-bond donors (Lipinski definition) is 3. The lowest BCUT2D eigenvalue weighted by molar-refractivity contribution is -0.121. The number of hydrogen-bond acceptors (Lipinski definition) is 4. The van der Waals surface area contributed by atoms with Gasteiger partial charge >= 0.3 is 6.03 Å². The van der Waals surface area contributed by atoms with Gasteiger partial charge in [-0.3, -0.25) is 10.1 Å². The number of amides is 3. The molecule has 0 aromatic heterocycles. The Kier molecular flexibility index (Phi) is 6.80. The van der Waals surface area contributed by atoms with Crippen molar-refractivity contribution >= 4 is 11.9 Å². The molecule has 110 valence electrons. The highest BCUT2D eigenvalue weighted by molar-refractivity contribution is 5.96. The molecule has 19 heavy (non-hydrogen) atoms. The number of rotatable bonds is 5. The van der Waals surface area contributed by atoms with Crippen LogP contribution in [0.5, 0.6) is 0 Å². The fraction of sp³-hybridized carbons (Fsp3) is 0.846. The van der Waals surface area contributed by atoms with E-state index in [1.165, 1.54) is 13.5 Å². The molecule has 3 amide bonds. The van der Waals surface area contributed by atoms with Gasteiger partial charge in [0, 0.05) is 13.1 Å². The average Bonchev–Trinajstić information content (AvgIpc) is 2.41. The Morgan fingerprint density at radius 2 is 1.95 bits per heavy atom. The van der Waals surface area contributed by atoms with Crippen LogP contribution >= 0.6 is 0 Å². The molecule has 1 saturated heterocycles. The summed E-state index contributed by atoms with van der Waals surface area (Å²) < 4.78 is 0. The minimum atomic E-state index is -0.462. The minimum absolute atomic E-state index is 0.282. The summed E-state index contributed by atoms with van der Waals surface area (Å²) in [5.74, 6) is -0.282. The van der Waals surface area contributed by atoms with Crippen LogP contribution in [0.3, 0.4) is 0 Å². The van der Waals surface area contributed by atoms with E-state index in [0.29, 0.717) is 6.04 Å². The summed E-state index contributed by atoms with van der Waals surface area (Å²) in [6.07, 6.45) is 3.29. The summed E-state index contributed by atoms with van der Waals surface area (Å²) in [7, 11) is 1.49. The normalized spacial score (nSPS) is 18.9. The number of carbonyl (C=O) groups excluding carboxylic acids is 2. The summed E-state index contributed by atoms with van der Waals surface area (Å²) in [6.45, 7) is 7.29. The Bertz CT molecular complexity index is 301. The van der Waals surface area contributed by atoms with E-state index < -0.39 is 6.03 Å². The summed E-state index contributed by atoms with van der Waals surface area (Å²) in [5.41, 5.74) is 0. The van der Waals surface area contributed by atoms with Crippen LogP contribution in [0.1, 0.15) is 33.1 Å². The summed E-state index contributed by atoms with van der Waals surface area (Å²) in [6, 6.07) is -0.449. The van der Waals surface area contributed by atoms with Crippen molar-refractivity contribution in [2.24, 2.45) is 0 Å². The molecular weight excluding hydrogens is 244 g/mol. The van der Waals surface area contributed by atoms with Gasteiger partial charge in [0.2, 0.25) is 5.91 Å². The number of nitrogens with one attached hydrogen (secondary N) is 3.